The first kappa shape index (κ1) is 19.6. The zero-order valence-corrected chi connectivity index (χ0v) is 18.8. The lowest BCUT2D eigenvalue weighted by Crippen LogP contribution is -2.42. The molecular formula is C23H19N3O5S2. The number of fused-ring (bicyclic) bond motifs is 10. The van der Waals surface area contributed by atoms with Crippen LogP contribution in [0, 0.1) is 29.6 Å². The van der Waals surface area contributed by atoms with Gasteiger partial charge in [-0.25, -0.2) is 0 Å². The number of carboxylic acids is 1. The third-order valence-corrected chi connectivity index (χ3v) is 10.7. The Morgan fingerprint density at radius 3 is 2.67 bits per heavy atom. The molecule has 2 aliphatic carbocycles. The second kappa shape index (κ2) is 6.60. The minimum Gasteiger partial charge on any atom is -0.480 e. The molecule has 2 bridgehead atoms. The fraction of sp³-hybridized carbons (Fsp3) is 0.391. The molecule has 3 N–H and O–H groups in total. The number of hydrogen-bond donors (Lipinski definition) is 3. The number of imide groups is 1. The molecule has 33 heavy (non-hydrogen) atoms. The van der Waals surface area contributed by atoms with Crippen LogP contribution < -0.4 is 4.87 Å². The number of aromatic amines is 2. The van der Waals surface area contributed by atoms with Gasteiger partial charge < -0.3 is 15.1 Å². The molecule has 10 heteroatoms. The van der Waals surface area contributed by atoms with Crippen molar-refractivity contribution in [2.45, 2.75) is 22.6 Å². The summed E-state index contributed by atoms with van der Waals surface area (Å²) in [6, 6.07) is 8.06. The van der Waals surface area contributed by atoms with Crippen molar-refractivity contribution in [2.24, 2.45) is 29.6 Å². The Balaban J connectivity index is 1.38. The molecule has 7 atom stereocenters. The first-order valence-corrected chi connectivity index (χ1v) is 12.7. The van der Waals surface area contributed by atoms with Crippen molar-refractivity contribution in [2.75, 3.05) is 6.54 Å². The highest BCUT2D eigenvalue weighted by molar-refractivity contribution is 8.00. The molecule has 168 valence electrons. The van der Waals surface area contributed by atoms with Crippen molar-refractivity contribution in [3.05, 3.63) is 50.6 Å². The number of aromatic nitrogens is 2. The molecular weight excluding hydrogens is 462 g/mol. The summed E-state index contributed by atoms with van der Waals surface area (Å²) in [5.74, 6) is -2.75. The zero-order valence-electron chi connectivity index (χ0n) is 17.2. The average molecular weight is 482 g/mol. The van der Waals surface area contributed by atoms with Gasteiger partial charge in [-0.15, -0.1) is 11.8 Å². The Kier molecular flexibility index (Phi) is 3.92. The standard InChI is InChI=1S/C23H19N3O5S2/c27-13(28)7-26-21(29)16-9-5-10(17(16)22(26)30)18-14(9)15(19-20(32-18)25-23(31)33-19)11-6-24-12-4-2-1-3-8(11)12/h1-4,6,9-10,14-18,24H,5,7H2,(H,25,31)(H,27,28)/t9-,10-,14-,15+,16+,17-,18-/m1/s1. The lowest BCUT2D eigenvalue weighted by Gasteiger charge is -2.42. The number of carbonyl (C=O) groups is 3. The van der Waals surface area contributed by atoms with E-state index >= 15 is 0 Å². The van der Waals surface area contributed by atoms with Crippen LogP contribution >= 0.6 is 23.1 Å². The van der Waals surface area contributed by atoms with E-state index in [2.05, 4.69) is 16.0 Å². The van der Waals surface area contributed by atoms with Gasteiger partial charge in [0, 0.05) is 33.1 Å². The molecule has 2 amide bonds. The van der Waals surface area contributed by atoms with E-state index in [1.54, 1.807) is 11.8 Å². The topological polar surface area (TPSA) is 123 Å². The van der Waals surface area contributed by atoms with Gasteiger partial charge in [-0.05, 0) is 35.8 Å². The van der Waals surface area contributed by atoms with Crippen molar-refractivity contribution in [1.82, 2.24) is 14.9 Å². The highest BCUT2D eigenvalue weighted by Gasteiger charge is 2.69. The third-order valence-electron chi connectivity index (χ3n) is 8.06. The highest BCUT2D eigenvalue weighted by Crippen LogP contribution is 2.68. The number of amides is 2. The number of carboxylic acid groups (broad SMARTS) is 1. The highest BCUT2D eigenvalue weighted by atomic mass is 32.2. The molecule has 0 spiro atoms. The second-order valence-electron chi connectivity index (χ2n) is 9.41. The fourth-order valence-electron chi connectivity index (χ4n) is 7.07. The van der Waals surface area contributed by atoms with Gasteiger partial charge in [-0.3, -0.25) is 24.1 Å². The number of aliphatic carboxylic acids is 1. The summed E-state index contributed by atoms with van der Waals surface area (Å²) in [7, 11) is 0. The monoisotopic (exact) mass is 481 g/mol. The first-order valence-electron chi connectivity index (χ1n) is 11.0. The maximum absolute atomic E-state index is 13.2. The predicted octanol–water partition coefficient (Wildman–Crippen LogP) is 2.48. The van der Waals surface area contributed by atoms with Crippen LogP contribution in [0.15, 0.2) is 40.3 Å². The van der Waals surface area contributed by atoms with Crippen molar-refractivity contribution in [3.63, 3.8) is 0 Å². The SMILES string of the molecule is O=C(O)CN1C(=O)[C@@H]2[C@H]3C[C@@H]([C@@H]2C1=O)[C@@H]1[C@H](c2c[nH]c4ccccc24)c2sc(=O)[nH]c2S[C@H]31. The summed E-state index contributed by atoms with van der Waals surface area (Å²) in [5.41, 5.74) is 2.13. The minimum absolute atomic E-state index is 0.00509. The quantitative estimate of drug-likeness (QED) is 0.494. The van der Waals surface area contributed by atoms with E-state index in [0.717, 1.165) is 37.7 Å². The number of likely N-dealkylation sites (tertiary alicyclic amines) is 1. The summed E-state index contributed by atoms with van der Waals surface area (Å²) in [6.07, 6.45) is 2.80. The molecule has 4 heterocycles. The first-order chi connectivity index (χ1) is 15.9. The summed E-state index contributed by atoms with van der Waals surface area (Å²) in [6.45, 7) is -0.570. The minimum atomic E-state index is -1.17. The Hall–Kier alpha value is -2.85. The number of hydrogen-bond acceptors (Lipinski definition) is 6. The molecule has 0 unspecified atom stereocenters. The number of para-hydroxylation sites is 1. The molecule has 1 saturated heterocycles. The molecule has 2 aromatic heterocycles. The summed E-state index contributed by atoms with van der Waals surface area (Å²) in [4.78, 5) is 58.2. The van der Waals surface area contributed by atoms with Gasteiger partial charge >= 0.3 is 10.8 Å². The van der Waals surface area contributed by atoms with Crippen molar-refractivity contribution >= 4 is 51.8 Å². The number of nitrogens with zero attached hydrogens (tertiary/aromatic N) is 1. The fourth-order valence-corrected chi connectivity index (χ4v) is 9.95. The van der Waals surface area contributed by atoms with Crippen LogP contribution in [-0.2, 0) is 14.4 Å². The van der Waals surface area contributed by atoms with E-state index in [0.29, 0.717) is 0 Å². The molecule has 7 rings (SSSR count). The molecule has 3 aromatic rings. The van der Waals surface area contributed by atoms with E-state index in [9.17, 15) is 24.3 Å². The number of benzene rings is 1. The molecule has 3 fully saturated rings. The Bertz CT molecular complexity index is 1420. The summed E-state index contributed by atoms with van der Waals surface area (Å²) >= 11 is 2.86. The lowest BCUT2D eigenvalue weighted by molar-refractivity contribution is -0.149. The third kappa shape index (κ3) is 2.48. The van der Waals surface area contributed by atoms with Gasteiger partial charge in [-0.1, -0.05) is 29.5 Å². The molecule has 8 nitrogen and oxygen atoms in total. The van der Waals surface area contributed by atoms with Crippen LogP contribution in [0.5, 0.6) is 0 Å². The Morgan fingerprint density at radius 2 is 1.88 bits per heavy atom. The number of rotatable bonds is 3. The van der Waals surface area contributed by atoms with Crippen molar-refractivity contribution < 1.29 is 19.5 Å². The van der Waals surface area contributed by atoms with E-state index in [1.165, 1.54) is 11.3 Å². The maximum Gasteiger partial charge on any atom is 0.323 e. The van der Waals surface area contributed by atoms with Gasteiger partial charge in [-0.2, -0.15) is 0 Å². The van der Waals surface area contributed by atoms with Gasteiger partial charge in [0.2, 0.25) is 11.8 Å². The van der Waals surface area contributed by atoms with E-state index in [1.807, 2.05) is 24.4 Å². The van der Waals surface area contributed by atoms with Crippen molar-refractivity contribution in [3.8, 4) is 0 Å². The summed E-state index contributed by atoms with van der Waals surface area (Å²) < 4.78 is 0. The van der Waals surface area contributed by atoms with Crippen LogP contribution in [0.3, 0.4) is 0 Å². The molecule has 2 aliphatic heterocycles. The van der Waals surface area contributed by atoms with Crippen molar-refractivity contribution in [1.29, 1.82) is 0 Å². The average Bonchev–Trinajstić information content (AvgIpc) is 3.57. The van der Waals surface area contributed by atoms with Crippen LogP contribution in [0.1, 0.15) is 22.8 Å². The van der Waals surface area contributed by atoms with E-state index in [-0.39, 0.29) is 45.6 Å². The zero-order chi connectivity index (χ0) is 22.6. The molecule has 2 saturated carbocycles. The number of carbonyl (C=O) groups excluding carboxylic acids is 2. The maximum atomic E-state index is 13.2. The van der Waals surface area contributed by atoms with Gasteiger partial charge in [0.15, 0.2) is 0 Å². The largest absolute Gasteiger partial charge is 0.480 e. The van der Waals surface area contributed by atoms with Crippen LogP contribution in [0.4, 0.5) is 0 Å². The second-order valence-corrected chi connectivity index (χ2v) is 11.6. The normalized spacial score (nSPS) is 34.1. The van der Waals surface area contributed by atoms with Crippen LogP contribution in [-0.4, -0.2) is 49.6 Å². The molecule has 1 aromatic carbocycles. The van der Waals surface area contributed by atoms with E-state index < -0.39 is 24.3 Å². The van der Waals surface area contributed by atoms with Gasteiger partial charge in [0.25, 0.3) is 0 Å². The molecule has 0 radical (unpaired) electrons. The number of nitrogens with one attached hydrogen (secondary N) is 2. The van der Waals surface area contributed by atoms with Crippen LogP contribution in [0.25, 0.3) is 10.9 Å². The number of H-pyrrole nitrogens is 2. The van der Waals surface area contributed by atoms with Gasteiger partial charge in [0.1, 0.15) is 6.54 Å². The number of thiazole rings is 1. The Morgan fingerprint density at radius 1 is 1.12 bits per heavy atom. The molecule has 4 aliphatic rings. The van der Waals surface area contributed by atoms with Gasteiger partial charge in [0.05, 0.1) is 16.9 Å². The summed E-state index contributed by atoms with van der Waals surface area (Å²) in [5, 5.41) is 11.3. The number of thioether (sulfide) groups is 1. The van der Waals surface area contributed by atoms with E-state index in [4.69, 9.17) is 0 Å². The smallest absolute Gasteiger partial charge is 0.323 e. The Labute approximate surface area is 195 Å². The lowest BCUT2D eigenvalue weighted by atomic mass is 9.68. The van der Waals surface area contributed by atoms with Crippen LogP contribution in [0.2, 0.25) is 0 Å². The predicted molar refractivity (Wildman–Crippen MR) is 121 cm³/mol.